The molecule has 0 saturated carbocycles. The Bertz CT molecular complexity index is 1480. The van der Waals surface area contributed by atoms with Crippen molar-refractivity contribution in [1.82, 2.24) is 25.0 Å². The molecule has 1 aliphatic heterocycles. The second kappa shape index (κ2) is 7.12. The minimum absolute atomic E-state index is 0.0549. The number of carbonyl (C=O) groups excluding carboxylic acids is 2. The van der Waals surface area contributed by atoms with Gasteiger partial charge in [0.05, 0.1) is 23.1 Å². The summed E-state index contributed by atoms with van der Waals surface area (Å²) in [7, 11) is 1.12. The molecule has 0 radical (unpaired) electrons. The normalized spacial score (nSPS) is 19.8. The molecule has 5 rings (SSSR count). The van der Waals surface area contributed by atoms with Gasteiger partial charge in [0.15, 0.2) is 17.3 Å². The Morgan fingerprint density at radius 3 is 2.71 bits per heavy atom. The quantitative estimate of drug-likeness (QED) is 0.410. The average Bonchev–Trinajstić information content (AvgIpc) is 3.49. The van der Waals surface area contributed by atoms with Crippen LogP contribution in [0.1, 0.15) is 16.2 Å². The molecular weight excluding hydrogens is 457 g/mol. The van der Waals surface area contributed by atoms with E-state index in [4.69, 9.17) is 10.3 Å². The first-order valence-corrected chi connectivity index (χ1v) is 9.81. The minimum atomic E-state index is -3.82. The number of hydrogen-bond donors (Lipinski definition) is 3. The number of aromatic amines is 1. The molecule has 1 fully saturated rings. The summed E-state index contributed by atoms with van der Waals surface area (Å²) in [5.74, 6) is -7.57. The first-order valence-electron chi connectivity index (χ1n) is 9.81. The minimum Gasteiger partial charge on any atom is -0.368 e. The van der Waals surface area contributed by atoms with E-state index in [-0.39, 0.29) is 33.9 Å². The molecule has 0 unspecified atom stereocenters. The van der Waals surface area contributed by atoms with Crippen LogP contribution in [0.25, 0.3) is 33.7 Å². The van der Waals surface area contributed by atoms with Gasteiger partial charge in [-0.15, -0.1) is 0 Å². The summed E-state index contributed by atoms with van der Waals surface area (Å²) in [6.07, 6.45) is 1.52. The van der Waals surface area contributed by atoms with Crippen LogP contribution in [0.4, 0.5) is 13.2 Å². The van der Waals surface area contributed by atoms with Gasteiger partial charge in [-0.3, -0.25) is 9.59 Å². The lowest BCUT2D eigenvalue weighted by Crippen LogP contribution is -2.46. The number of nitrogens with zero attached hydrogens (tertiary/aromatic N) is 4. The second-order valence-corrected chi connectivity index (χ2v) is 7.85. The highest BCUT2D eigenvalue weighted by Gasteiger charge is 2.68. The summed E-state index contributed by atoms with van der Waals surface area (Å²) in [4.78, 5) is 35.8. The van der Waals surface area contributed by atoms with Crippen molar-refractivity contribution in [3.05, 3.63) is 53.8 Å². The maximum absolute atomic E-state index is 14.7. The summed E-state index contributed by atoms with van der Waals surface area (Å²) in [5.41, 5.74) is 2.62. The molecule has 13 heteroatoms. The Kier molecular flexibility index (Phi) is 4.52. The van der Waals surface area contributed by atoms with Crippen LogP contribution in [0.5, 0.6) is 0 Å². The largest absolute Gasteiger partial charge is 0.368 e. The molecule has 0 aliphatic carbocycles. The number of alkyl halides is 2. The molecule has 34 heavy (non-hydrogen) atoms. The van der Waals surface area contributed by atoms with Crippen molar-refractivity contribution in [2.24, 2.45) is 5.73 Å². The van der Waals surface area contributed by atoms with Gasteiger partial charge >= 0.3 is 5.92 Å². The second-order valence-electron chi connectivity index (χ2n) is 7.85. The summed E-state index contributed by atoms with van der Waals surface area (Å²) in [5, 5.41) is 14.2. The van der Waals surface area contributed by atoms with Gasteiger partial charge in [-0.05, 0) is 24.3 Å². The van der Waals surface area contributed by atoms with E-state index in [9.17, 15) is 27.9 Å². The number of amides is 2. The number of H-pyrrole nitrogens is 1. The lowest BCUT2D eigenvalue weighted by atomic mass is 9.94. The van der Waals surface area contributed by atoms with Gasteiger partial charge < -0.3 is 25.2 Å². The fourth-order valence-corrected chi connectivity index (χ4v) is 3.88. The van der Waals surface area contributed by atoms with Gasteiger partial charge in [0.25, 0.3) is 17.4 Å². The van der Waals surface area contributed by atoms with Crippen LogP contribution in [0, 0.1) is 5.82 Å². The number of hydrogen-bond acceptors (Lipinski definition) is 7. The van der Waals surface area contributed by atoms with Crippen molar-refractivity contribution >= 4 is 22.8 Å². The maximum atomic E-state index is 14.7. The Labute approximate surface area is 188 Å². The Morgan fingerprint density at radius 2 is 2.03 bits per heavy atom. The van der Waals surface area contributed by atoms with Gasteiger partial charge in [-0.1, -0.05) is 5.16 Å². The highest BCUT2D eigenvalue weighted by atomic mass is 19.3. The molecule has 2 amide bonds. The number of primary amides is 1. The van der Waals surface area contributed by atoms with Gasteiger partial charge in [-0.2, -0.15) is 0 Å². The molecule has 1 aromatic carbocycles. The number of nitrogens with two attached hydrogens (primary N) is 1. The number of aromatic nitrogens is 4. The van der Waals surface area contributed by atoms with E-state index in [2.05, 4.69) is 20.1 Å². The molecule has 1 atom stereocenters. The molecule has 174 valence electrons. The number of benzene rings is 1. The van der Waals surface area contributed by atoms with E-state index in [1.54, 1.807) is 6.07 Å². The lowest BCUT2D eigenvalue weighted by molar-refractivity contribution is -0.179. The zero-order valence-electron chi connectivity index (χ0n) is 17.3. The molecule has 1 aliphatic rings. The molecule has 4 heterocycles. The van der Waals surface area contributed by atoms with Crippen LogP contribution in [0.15, 0.2) is 41.1 Å². The Balaban J connectivity index is 1.59. The van der Waals surface area contributed by atoms with Crippen LogP contribution in [0.2, 0.25) is 0 Å². The third kappa shape index (κ3) is 2.97. The van der Waals surface area contributed by atoms with Crippen LogP contribution in [-0.4, -0.2) is 61.4 Å². The van der Waals surface area contributed by atoms with Crippen molar-refractivity contribution in [3.63, 3.8) is 0 Å². The molecule has 3 aromatic heterocycles. The highest BCUT2D eigenvalue weighted by molar-refractivity contribution is 6.02. The number of likely N-dealkylation sites (tertiary alicyclic amines) is 1. The van der Waals surface area contributed by atoms with Crippen LogP contribution >= 0.6 is 0 Å². The number of nitrogens with one attached hydrogen (secondary N) is 1. The number of carbonyl (C=O) groups is 2. The summed E-state index contributed by atoms with van der Waals surface area (Å²) < 4.78 is 48.5. The Hall–Kier alpha value is -4.26. The van der Waals surface area contributed by atoms with Crippen molar-refractivity contribution in [2.45, 2.75) is 11.5 Å². The van der Waals surface area contributed by atoms with Crippen molar-refractivity contribution < 1.29 is 32.4 Å². The summed E-state index contributed by atoms with van der Waals surface area (Å²) in [6, 6.07) is 6.14. The van der Waals surface area contributed by atoms with Gasteiger partial charge in [-0.25, -0.2) is 23.1 Å². The Morgan fingerprint density at radius 1 is 1.26 bits per heavy atom. The predicted molar refractivity (Wildman–Crippen MR) is 110 cm³/mol. The summed E-state index contributed by atoms with van der Waals surface area (Å²) >= 11 is 0. The number of aliphatic hydroxyl groups is 1. The average molecular weight is 472 g/mol. The number of halogens is 3. The van der Waals surface area contributed by atoms with E-state index in [0.717, 1.165) is 19.2 Å². The van der Waals surface area contributed by atoms with Crippen molar-refractivity contribution in [2.75, 3.05) is 13.6 Å². The van der Waals surface area contributed by atoms with Gasteiger partial charge in [0.2, 0.25) is 0 Å². The predicted octanol–water partition coefficient (Wildman–Crippen LogP) is 1.81. The number of fused-ring (bicyclic) bond motifs is 1. The zero-order chi connectivity index (χ0) is 24.4. The van der Waals surface area contributed by atoms with Crippen molar-refractivity contribution in [3.8, 4) is 22.6 Å². The molecule has 4 aromatic rings. The maximum Gasteiger partial charge on any atom is 0.309 e. The van der Waals surface area contributed by atoms with E-state index < -0.39 is 41.5 Å². The van der Waals surface area contributed by atoms with Crippen LogP contribution in [0.3, 0.4) is 0 Å². The molecule has 4 N–H and O–H groups in total. The van der Waals surface area contributed by atoms with E-state index in [1.807, 2.05) is 0 Å². The third-order valence-electron chi connectivity index (χ3n) is 5.63. The van der Waals surface area contributed by atoms with Crippen molar-refractivity contribution in [1.29, 1.82) is 0 Å². The molecule has 0 spiro atoms. The third-order valence-corrected chi connectivity index (χ3v) is 5.63. The molecular formula is C21H15F3N6O4. The highest BCUT2D eigenvalue weighted by Crippen LogP contribution is 2.45. The fraction of sp³-hybridized carbons (Fsp3) is 0.190. The van der Waals surface area contributed by atoms with Crippen LogP contribution in [-0.2, 0) is 10.4 Å². The van der Waals surface area contributed by atoms with Gasteiger partial charge in [0.1, 0.15) is 11.5 Å². The smallest absolute Gasteiger partial charge is 0.309 e. The SMILES string of the molecule is CN1CC(F)(F)[C@@](O)(c2cc(-c3ccc(F)c(-c4nc(C(N)=O)c5[nH]ccc5n4)c3)no2)C1=O. The zero-order valence-corrected chi connectivity index (χ0v) is 17.3. The number of rotatable bonds is 4. The van der Waals surface area contributed by atoms with Crippen LogP contribution < -0.4 is 5.73 Å². The first kappa shape index (κ1) is 21.6. The van der Waals surface area contributed by atoms with E-state index >= 15 is 0 Å². The number of likely N-dealkylation sites (N-methyl/N-ethyl adjacent to an activating group) is 1. The lowest BCUT2D eigenvalue weighted by Gasteiger charge is -2.22. The standard InChI is InChI=1S/C21H15F3N6O4/c1-30-8-20(23,24)21(33,19(30)32)14-7-13(29-34-14)9-2-3-11(22)10(6-9)18-27-12-4-5-26-15(12)16(28-18)17(25)31/h2-7,26,33H,8H2,1H3,(H2,25,31)/t21-/m1/s1. The van der Waals surface area contributed by atoms with Gasteiger partial charge in [0, 0.05) is 24.9 Å². The molecule has 1 saturated heterocycles. The summed E-state index contributed by atoms with van der Waals surface area (Å²) in [6.45, 7) is -1.000. The fourth-order valence-electron chi connectivity index (χ4n) is 3.88. The molecule has 10 nitrogen and oxygen atoms in total. The molecule has 0 bridgehead atoms. The first-order chi connectivity index (χ1) is 16.0. The van der Waals surface area contributed by atoms with E-state index in [1.165, 1.54) is 18.3 Å². The van der Waals surface area contributed by atoms with E-state index in [0.29, 0.717) is 10.4 Å². The monoisotopic (exact) mass is 472 g/mol. The topological polar surface area (TPSA) is 151 Å².